The van der Waals surface area contributed by atoms with E-state index in [2.05, 4.69) is 34.3 Å². The largest absolute Gasteiger partial charge is 0.356 e. The molecule has 0 spiro atoms. The van der Waals surface area contributed by atoms with E-state index >= 15 is 0 Å². The number of nitrogens with one attached hydrogen (secondary N) is 2. The monoisotopic (exact) mass is 328 g/mol. The molecule has 1 heterocycles. The second-order valence-electron chi connectivity index (χ2n) is 6.35. The molecule has 0 atom stereocenters. The minimum atomic E-state index is -0.295. The number of hydrogen-bond acceptors (Lipinski definition) is 4. The Morgan fingerprint density at radius 2 is 2.08 bits per heavy atom. The first-order chi connectivity index (χ1) is 11.5. The number of carbonyl (C=O) groups is 1. The minimum absolute atomic E-state index is 0.0698. The maximum absolute atomic E-state index is 12.1. The molecule has 0 aliphatic heterocycles. The summed E-state index contributed by atoms with van der Waals surface area (Å²) in [7, 11) is 0. The number of aromatic amines is 1. The Morgan fingerprint density at radius 3 is 2.75 bits per heavy atom. The van der Waals surface area contributed by atoms with Crippen molar-refractivity contribution in [3.63, 3.8) is 0 Å². The Balaban J connectivity index is 1.95. The standard InChI is InChI=1S/C18H24N4O2/c1-12(2)9-10-19-16(23)8-7-15-18(24)20-17(22-21-15)14-6-4-5-13(3)11-14/h4-6,11-12H,7-10H2,1-3H3,(H,19,23)(H,20,22,24). The van der Waals surface area contributed by atoms with Crippen LogP contribution in [-0.2, 0) is 11.2 Å². The number of amides is 1. The van der Waals surface area contributed by atoms with Crippen LogP contribution in [0, 0.1) is 12.8 Å². The minimum Gasteiger partial charge on any atom is -0.356 e. The van der Waals surface area contributed by atoms with Gasteiger partial charge in [-0.15, -0.1) is 10.2 Å². The van der Waals surface area contributed by atoms with E-state index < -0.39 is 0 Å². The average molecular weight is 328 g/mol. The zero-order valence-corrected chi connectivity index (χ0v) is 14.4. The lowest BCUT2D eigenvalue weighted by molar-refractivity contribution is -0.121. The van der Waals surface area contributed by atoms with Crippen LogP contribution < -0.4 is 10.9 Å². The summed E-state index contributed by atoms with van der Waals surface area (Å²) in [6.45, 7) is 6.85. The normalized spacial score (nSPS) is 10.8. The molecule has 2 N–H and O–H groups in total. The van der Waals surface area contributed by atoms with Crippen LogP contribution in [0.1, 0.15) is 37.9 Å². The number of aromatic nitrogens is 3. The van der Waals surface area contributed by atoms with Crippen molar-refractivity contribution in [2.75, 3.05) is 6.54 Å². The summed E-state index contributed by atoms with van der Waals surface area (Å²) in [5.41, 5.74) is 1.89. The molecule has 2 rings (SSSR count). The molecule has 0 bridgehead atoms. The first-order valence-corrected chi connectivity index (χ1v) is 8.25. The first kappa shape index (κ1) is 17.8. The topological polar surface area (TPSA) is 87.7 Å². The van der Waals surface area contributed by atoms with Crippen molar-refractivity contribution in [2.24, 2.45) is 5.92 Å². The molecule has 1 amide bonds. The van der Waals surface area contributed by atoms with E-state index in [9.17, 15) is 9.59 Å². The number of H-pyrrole nitrogens is 1. The van der Waals surface area contributed by atoms with Crippen molar-refractivity contribution in [3.8, 4) is 11.4 Å². The molecule has 1 aromatic carbocycles. The van der Waals surface area contributed by atoms with Crippen molar-refractivity contribution in [1.29, 1.82) is 0 Å². The maximum Gasteiger partial charge on any atom is 0.273 e. The fourth-order valence-corrected chi connectivity index (χ4v) is 2.27. The van der Waals surface area contributed by atoms with E-state index in [4.69, 9.17) is 0 Å². The summed E-state index contributed by atoms with van der Waals surface area (Å²) >= 11 is 0. The number of rotatable bonds is 7. The third kappa shape index (κ3) is 5.30. The number of carbonyl (C=O) groups excluding carboxylic acids is 1. The molecule has 0 fully saturated rings. The zero-order valence-electron chi connectivity index (χ0n) is 14.4. The molecule has 6 nitrogen and oxygen atoms in total. The highest BCUT2D eigenvalue weighted by Gasteiger charge is 2.09. The zero-order chi connectivity index (χ0) is 17.5. The van der Waals surface area contributed by atoms with Gasteiger partial charge in [0.15, 0.2) is 5.82 Å². The quantitative estimate of drug-likeness (QED) is 0.816. The van der Waals surface area contributed by atoms with Crippen LogP contribution >= 0.6 is 0 Å². The van der Waals surface area contributed by atoms with Gasteiger partial charge in [0.1, 0.15) is 5.69 Å². The van der Waals surface area contributed by atoms with Crippen LogP contribution in [-0.4, -0.2) is 27.6 Å². The van der Waals surface area contributed by atoms with Crippen molar-refractivity contribution in [3.05, 3.63) is 45.9 Å². The molecule has 0 aliphatic rings. The van der Waals surface area contributed by atoms with Crippen LogP contribution in [0.25, 0.3) is 11.4 Å². The molecule has 24 heavy (non-hydrogen) atoms. The molecule has 1 aromatic heterocycles. The van der Waals surface area contributed by atoms with Gasteiger partial charge in [0.25, 0.3) is 5.56 Å². The molecule has 0 radical (unpaired) electrons. The predicted molar refractivity (Wildman–Crippen MR) is 93.6 cm³/mol. The van der Waals surface area contributed by atoms with Gasteiger partial charge >= 0.3 is 0 Å². The molecule has 0 aliphatic carbocycles. The number of aryl methyl sites for hydroxylation is 2. The molecule has 0 unspecified atom stereocenters. The van der Waals surface area contributed by atoms with Crippen molar-refractivity contribution in [1.82, 2.24) is 20.5 Å². The molecule has 0 saturated heterocycles. The molecule has 2 aromatic rings. The van der Waals surface area contributed by atoms with Gasteiger partial charge in [0, 0.05) is 24.9 Å². The van der Waals surface area contributed by atoms with Gasteiger partial charge < -0.3 is 10.3 Å². The average Bonchev–Trinajstić information content (AvgIpc) is 2.53. The van der Waals surface area contributed by atoms with E-state index in [1.165, 1.54) is 0 Å². The summed E-state index contributed by atoms with van der Waals surface area (Å²) in [6.07, 6.45) is 1.46. The highest BCUT2D eigenvalue weighted by molar-refractivity contribution is 5.76. The van der Waals surface area contributed by atoms with Crippen LogP contribution in [0.3, 0.4) is 0 Å². The van der Waals surface area contributed by atoms with Crippen molar-refractivity contribution >= 4 is 5.91 Å². The highest BCUT2D eigenvalue weighted by Crippen LogP contribution is 2.13. The summed E-state index contributed by atoms with van der Waals surface area (Å²) < 4.78 is 0. The summed E-state index contributed by atoms with van der Waals surface area (Å²) in [6, 6.07) is 7.68. The second-order valence-corrected chi connectivity index (χ2v) is 6.35. The first-order valence-electron chi connectivity index (χ1n) is 8.25. The molecular formula is C18H24N4O2. The van der Waals surface area contributed by atoms with E-state index in [1.807, 2.05) is 31.2 Å². The van der Waals surface area contributed by atoms with Crippen LogP contribution in [0.2, 0.25) is 0 Å². The van der Waals surface area contributed by atoms with Crippen molar-refractivity contribution < 1.29 is 4.79 Å². The van der Waals surface area contributed by atoms with Gasteiger partial charge in [0.05, 0.1) is 0 Å². The fourth-order valence-electron chi connectivity index (χ4n) is 2.27. The van der Waals surface area contributed by atoms with Crippen LogP contribution in [0.5, 0.6) is 0 Å². The maximum atomic E-state index is 12.1. The van der Waals surface area contributed by atoms with Gasteiger partial charge in [0.2, 0.25) is 5.91 Å². The Labute approximate surface area is 141 Å². The number of benzene rings is 1. The fraction of sp³-hybridized carbons (Fsp3) is 0.444. The van der Waals surface area contributed by atoms with Gasteiger partial charge in [-0.05, 0) is 25.3 Å². The van der Waals surface area contributed by atoms with E-state index in [-0.39, 0.29) is 30.0 Å². The lowest BCUT2D eigenvalue weighted by Crippen LogP contribution is -2.27. The summed E-state index contributed by atoms with van der Waals surface area (Å²) in [5.74, 6) is 0.918. The van der Waals surface area contributed by atoms with Crippen molar-refractivity contribution in [2.45, 2.75) is 40.0 Å². The van der Waals surface area contributed by atoms with Gasteiger partial charge in [-0.2, -0.15) is 0 Å². The third-order valence-electron chi connectivity index (χ3n) is 3.69. The van der Waals surface area contributed by atoms with Gasteiger partial charge in [-0.25, -0.2) is 0 Å². The van der Waals surface area contributed by atoms with E-state index in [0.717, 1.165) is 17.5 Å². The third-order valence-corrected chi connectivity index (χ3v) is 3.69. The van der Waals surface area contributed by atoms with Crippen LogP contribution in [0.15, 0.2) is 29.1 Å². The number of hydrogen-bond donors (Lipinski definition) is 2. The summed E-state index contributed by atoms with van der Waals surface area (Å²) in [4.78, 5) is 26.6. The smallest absolute Gasteiger partial charge is 0.273 e. The summed E-state index contributed by atoms with van der Waals surface area (Å²) in [5, 5.41) is 10.9. The van der Waals surface area contributed by atoms with Gasteiger partial charge in [-0.1, -0.05) is 37.6 Å². The predicted octanol–water partition coefficient (Wildman–Crippen LogP) is 2.24. The Hall–Kier alpha value is -2.50. The number of nitrogens with zero attached hydrogens (tertiary/aromatic N) is 2. The van der Waals surface area contributed by atoms with Crippen LogP contribution in [0.4, 0.5) is 0 Å². The molecule has 128 valence electrons. The molecular weight excluding hydrogens is 304 g/mol. The highest BCUT2D eigenvalue weighted by atomic mass is 16.1. The van der Waals surface area contributed by atoms with Gasteiger partial charge in [-0.3, -0.25) is 9.59 Å². The lowest BCUT2D eigenvalue weighted by atomic mass is 10.1. The Bertz CT molecular complexity index is 753. The lowest BCUT2D eigenvalue weighted by Gasteiger charge is -2.07. The van der Waals surface area contributed by atoms with E-state index in [0.29, 0.717) is 18.3 Å². The molecule has 0 saturated carbocycles. The van der Waals surface area contributed by atoms with E-state index in [1.54, 1.807) is 0 Å². The Kier molecular flexibility index (Phi) is 6.23. The molecule has 6 heteroatoms. The Morgan fingerprint density at radius 1 is 1.29 bits per heavy atom. The second kappa shape index (κ2) is 8.38. The SMILES string of the molecule is Cc1cccc(-c2nnc(CCC(=O)NCCC(C)C)c(=O)[nH]2)c1.